The number of rotatable bonds is 6. The van der Waals surface area contributed by atoms with Crippen molar-refractivity contribution < 1.29 is 14.3 Å². The molecular weight excluding hydrogens is 347 g/mol. The second-order valence-electron chi connectivity index (χ2n) is 4.78. The molecule has 0 bridgehead atoms. The molecule has 0 heterocycles. The number of carbonyl (C=O) groups excluding carboxylic acids is 1. The predicted molar refractivity (Wildman–Crippen MR) is 98.3 cm³/mol. The molecule has 2 aromatic rings. The van der Waals surface area contributed by atoms with Gasteiger partial charge in [0.15, 0.2) is 0 Å². The van der Waals surface area contributed by atoms with Crippen LogP contribution >= 0.6 is 23.2 Å². The summed E-state index contributed by atoms with van der Waals surface area (Å²) in [4.78, 5) is 11.4. The molecule has 0 fully saturated rings. The highest BCUT2D eigenvalue weighted by atomic mass is 35.5. The van der Waals surface area contributed by atoms with E-state index in [1.54, 1.807) is 36.4 Å². The van der Waals surface area contributed by atoms with Gasteiger partial charge in [0.25, 0.3) is 0 Å². The first kappa shape index (κ1) is 18.1. The highest BCUT2D eigenvalue weighted by molar-refractivity contribution is 6.30. The average molecular weight is 363 g/mol. The number of carbonyl (C=O) groups is 1. The Labute approximate surface area is 151 Å². The molecule has 124 valence electrons. The molecule has 3 nitrogen and oxygen atoms in total. The van der Waals surface area contributed by atoms with E-state index >= 15 is 0 Å². The summed E-state index contributed by atoms with van der Waals surface area (Å²) in [5, 5.41) is 1.36. The standard InChI is InChI=1S/C19H16Cl2O3/c20-17-9-5-15(6-10-17)3-1-13-23-19(22)24-14-2-4-16-7-11-18(21)12-8-16/h1-12H,13-14H2. The van der Waals surface area contributed by atoms with Crippen LogP contribution in [0.2, 0.25) is 10.0 Å². The number of halogens is 2. The molecule has 0 N–H and O–H groups in total. The van der Waals surface area contributed by atoms with Crippen molar-refractivity contribution in [2.24, 2.45) is 0 Å². The maximum Gasteiger partial charge on any atom is 0.508 e. The van der Waals surface area contributed by atoms with Gasteiger partial charge in [0.05, 0.1) is 0 Å². The largest absolute Gasteiger partial charge is 0.508 e. The molecule has 0 unspecified atom stereocenters. The summed E-state index contributed by atoms with van der Waals surface area (Å²) in [6.07, 6.45) is 6.42. The van der Waals surface area contributed by atoms with E-state index in [1.165, 1.54) is 0 Å². The molecule has 0 saturated heterocycles. The van der Waals surface area contributed by atoms with Gasteiger partial charge in [-0.15, -0.1) is 0 Å². The Bertz CT molecular complexity index is 643. The van der Waals surface area contributed by atoms with Crippen LogP contribution in [-0.2, 0) is 9.47 Å². The third-order valence-corrected chi connectivity index (χ3v) is 3.46. The Kier molecular flexibility index (Phi) is 7.40. The molecule has 0 aliphatic rings. The summed E-state index contributed by atoms with van der Waals surface area (Å²) in [6.45, 7) is 0.282. The fourth-order valence-corrected chi connectivity index (χ4v) is 2.04. The Morgan fingerprint density at radius 1 is 0.750 bits per heavy atom. The van der Waals surface area contributed by atoms with Gasteiger partial charge in [-0.05, 0) is 47.5 Å². The van der Waals surface area contributed by atoms with E-state index in [1.807, 2.05) is 36.4 Å². The van der Waals surface area contributed by atoms with E-state index in [4.69, 9.17) is 32.7 Å². The zero-order valence-corrected chi connectivity index (χ0v) is 14.3. The Morgan fingerprint density at radius 2 is 1.12 bits per heavy atom. The van der Waals surface area contributed by atoms with E-state index in [9.17, 15) is 4.79 Å². The molecule has 0 spiro atoms. The maximum absolute atomic E-state index is 11.4. The van der Waals surface area contributed by atoms with Crippen LogP contribution in [0.3, 0.4) is 0 Å². The minimum absolute atomic E-state index is 0.141. The third-order valence-electron chi connectivity index (χ3n) is 2.96. The Balaban J connectivity index is 1.64. The van der Waals surface area contributed by atoms with Gasteiger partial charge in [0, 0.05) is 10.0 Å². The van der Waals surface area contributed by atoms with Gasteiger partial charge in [0.2, 0.25) is 0 Å². The van der Waals surface area contributed by atoms with Crippen molar-refractivity contribution in [3.05, 3.63) is 81.9 Å². The first-order valence-corrected chi connectivity index (χ1v) is 8.03. The minimum Gasteiger partial charge on any atom is -0.430 e. The first-order chi connectivity index (χ1) is 11.6. The zero-order valence-electron chi connectivity index (χ0n) is 12.8. The van der Waals surface area contributed by atoms with Gasteiger partial charge in [-0.25, -0.2) is 4.79 Å². The molecule has 2 rings (SSSR count). The van der Waals surface area contributed by atoms with Crippen LogP contribution in [0.1, 0.15) is 11.1 Å². The topological polar surface area (TPSA) is 35.5 Å². The van der Waals surface area contributed by atoms with Gasteiger partial charge in [-0.1, -0.05) is 59.6 Å². The van der Waals surface area contributed by atoms with Crippen LogP contribution in [0.5, 0.6) is 0 Å². The quantitative estimate of drug-likeness (QED) is 0.602. The molecule has 0 aliphatic heterocycles. The molecule has 24 heavy (non-hydrogen) atoms. The average Bonchev–Trinajstić information content (AvgIpc) is 2.59. The van der Waals surface area contributed by atoms with Crippen molar-refractivity contribution in [3.63, 3.8) is 0 Å². The lowest BCUT2D eigenvalue weighted by Gasteiger charge is -2.01. The van der Waals surface area contributed by atoms with Crippen LogP contribution in [0.4, 0.5) is 4.79 Å². The molecule has 0 radical (unpaired) electrons. The normalized spacial score (nSPS) is 11.1. The fraction of sp³-hybridized carbons (Fsp3) is 0.105. The van der Waals surface area contributed by atoms with E-state index in [0.29, 0.717) is 10.0 Å². The second kappa shape index (κ2) is 9.81. The van der Waals surface area contributed by atoms with E-state index in [-0.39, 0.29) is 13.2 Å². The molecule has 0 aromatic heterocycles. The summed E-state index contributed by atoms with van der Waals surface area (Å²) in [5.74, 6) is 0. The van der Waals surface area contributed by atoms with Crippen LogP contribution < -0.4 is 0 Å². The first-order valence-electron chi connectivity index (χ1n) is 7.27. The van der Waals surface area contributed by atoms with Crippen LogP contribution in [0, 0.1) is 0 Å². The van der Waals surface area contributed by atoms with Gasteiger partial charge in [-0.3, -0.25) is 0 Å². The molecule has 0 atom stereocenters. The highest BCUT2D eigenvalue weighted by Gasteiger charge is 1.99. The van der Waals surface area contributed by atoms with Crippen LogP contribution in [0.15, 0.2) is 60.7 Å². The third kappa shape index (κ3) is 6.90. The van der Waals surface area contributed by atoms with Crippen LogP contribution in [0.25, 0.3) is 12.2 Å². The minimum atomic E-state index is -0.712. The fourth-order valence-electron chi connectivity index (χ4n) is 1.79. The molecular formula is C19H16Cl2O3. The van der Waals surface area contributed by atoms with Crippen molar-refractivity contribution in [1.29, 1.82) is 0 Å². The number of ether oxygens (including phenoxy) is 2. The summed E-state index contributed by atoms with van der Waals surface area (Å²) < 4.78 is 9.86. The maximum atomic E-state index is 11.4. The van der Waals surface area contributed by atoms with E-state index < -0.39 is 6.16 Å². The highest BCUT2D eigenvalue weighted by Crippen LogP contribution is 2.11. The lowest BCUT2D eigenvalue weighted by Crippen LogP contribution is -2.07. The van der Waals surface area contributed by atoms with Crippen molar-refractivity contribution in [2.45, 2.75) is 0 Å². The SMILES string of the molecule is O=C(OCC=Cc1ccc(Cl)cc1)OCC=Cc1ccc(Cl)cc1. The number of hydrogen-bond acceptors (Lipinski definition) is 3. The monoisotopic (exact) mass is 362 g/mol. The van der Waals surface area contributed by atoms with Gasteiger partial charge >= 0.3 is 6.16 Å². The van der Waals surface area contributed by atoms with Gasteiger partial charge in [-0.2, -0.15) is 0 Å². The van der Waals surface area contributed by atoms with Crippen molar-refractivity contribution in [3.8, 4) is 0 Å². The Hall–Kier alpha value is -2.23. The predicted octanol–water partition coefficient (Wildman–Crippen LogP) is 5.87. The Morgan fingerprint density at radius 3 is 1.50 bits per heavy atom. The summed E-state index contributed by atoms with van der Waals surface area (Å²) >= 11 is 11.6. The number of hydrogen-bond donors (Lipinski definition) is 0. The summed E-state index contributed by atoms with van der Waals surface area (Å²) in [7, 11) is 0. The lowest BCUT2D eigenvalue weighted by atomic mass is 10.2. The number of benzene rings is 2. The molecule has 0 saturated carbocycles. The smallest absolute Gasteiger partial charge is 0.430 e. The second-order valence-corrected chi connectivity index (χ2v) is 5.65. The van der Waals surface area contributed by atoms with E-state index in [0.717, 1.165) is 11.1 Å². The molecule has 5 heteroatoms. The van der Waals surface area contributed by atoms with Gasteiger partial charge in [0.1, 0.15) is 13.2 Å². The zero-order chi connectivity index (χ0) is 17.2. The molecule has 2 aromatic carbocycles. The summed E-state index contributed by atoms with van der Waals surface area (Å²) in [5.41, 5.74) is 1.95. The lowest BCUT2D eigenvalue weighted by molar-refractivity contribution is 0.0720. The van der Waals surface area contributed by atoms with Crippen molar-refractivity contribution in [2.75, 3.05) is 13.2 Å². The van der Waals surface area contributed by atoms with Crippen molar-refractivity contribution in [1.82, 2.24) is 0 Å². The van der Waals surface area contributed by atoms with Crippen LogP contribution in [-0.4, -0.2) is 19.4 Å². The molecule has 0 aliphatic carbocycles. The van der Waals surface area contributed by atoms with Crippen molar-refractivity contribution >= 4 is 41.5 Å². The van der Waals surface area contributed by atoms with Gasteiger partial charge < -0.3 is 9.47 Å². The molecule has 0 amide bonds. The van der Waals surface area contributed by atoms with E-state index in [2.05, 4.69) is 0 Å². The summed E-state index contributed by atoms with van der Waals surface area (Å²) in [6, 6.07) is 14.7.